The molecule has 0 aliphatic heterocycles. The average molecular weight is 263 g/mol. The molecule has 1 heterocycles. The predicted molar refractivity (Wildman–Crippen MR) is 75.2 cm³/mol. The van der Waals surface area contributed by atoms with Gasteiger partial charge in [0, 0.05) is 12.6 Å². The molecule has 0 spiro atoms. The predicted octanol–water partition coefficient (Wildman–Crippen LogP) is 2.08. The van der Waals surface area contributed by atoms with E-state index in [-0.39, 0.29) is 0 Å². The van der Waals surface area contributed by atoms with Gasteiger partial charge in [0.2, 0.25) is 0 Å². The van der Waals surface area contributed by atoms with E-state index in [1.807, 2.05) is 0 Å². The fraction of sp³-hybridized carbons (Fsp3) is 0.571. The Labute approximate surface area is 113 Å². The highest BCUT2D eigenvalue weighted by Crippen LogP contribution is 2.33. The molecule has 1 aromatic rings. The van der Waals surface area contributed by atoms with E-state index in [4.69, 9.17) is 10.5 Å². The third-order valence-electron chi connectivity index (χ3n) is 3.35. The maximum Gasteiger partial charge on any atom is 0.356 e. The van der Waals surface area contributed by atoms with Crippen LogP contribution in [0.1, 0.15) is 37.2 Å². The van der Waals surface area contributed by atoms with Gasteiger partial charge in [-0.1, -0.05) is 0 Å². The van der Waals surface area contributed by atoms with Gasteiger partial charge in [0.05, 0.1) is 12.8 Å². The molecule has 19 heavy (non-hydrogen) atoms. The first-order valence-electron chi connectivity index (χ1n) is 6.64. The Hall–Kier alpha value is -1.78. The van der Waals surface area contributed by atoms with E-state index in [1.54, 1.807) is 12.1 Å². The maximum absolute atomic E-state index is 11.6. The summed E-state index contributed by atoms with van der Waals surface area (Å²) in [6.07, 6.45) is 2.53. The molecule has 1 aliphatic rings. The highest BCUT2D eigenvalue weighted by molar-refractivity contribution is 5.88. The third kappa shape index (κ3) is 3.16. The van der Waals surface area contributed by atoms with Crippen LogP contribution in [0.3, 0.4) is 0 Å². The largest absolute Gasteiger partial charge is 0.464 e. The summed E-state index contributed by atoms with van der Waals surface area (Å²) < 4.78 is 4.70. The van der Waals surface area contributed by atoms with Gasteiger partial charge in [0.15, 0.2) is 11.5 Å². The Balaban J connectivity index is 2.31. The van der Waals surface area contributed by atoms with Gasteiger partial charge in [0.25, 0.3) is 0 Å². The minimum atomic E-state index is -0.434. The van der Waals surface area contributed by atoms with Crippen molar-refractivity contribution in [3.05, 3.63) is 17.8 Å². The van der Waals surface area contributed by atoms with Gasteiger partial charge >= 0.3 is 5.97 Å². The van der Waals surface area contributed by atoms with Crippen molar-refractivity contribution in [2.75, 3.05) is 24.3 Å². The van der Waals surface area contributed by atoms with Crippen molar-refractivity contribution >= 4 is 17.5 Å². The van der Waals surface area contributed by atoms with E-state index in [9.17, 15) is 4.79 Å². The van der Waals surface area contributed by atoms with Crippen molar-refractivity contribution in [3.8, 4) is 0 Å². The monoisotopic (exact) mass is 263 g/mol. The van der Waals surface area contributed by atoms with E-state index in [2.05, 4.69) is 23.7 Å². The number of hydrogen-bond donors (Lipinski definition) is 1. The molecular weight excluding hydrogens is 242 g/mol. The molecule has 0 bridgehead atoms. The first-order chi connectivity index (χ1) is 9.02. The van der Waals surface area contributed by atoms with Gasteiger partial charge in [-0.25, -0.2) is 9.78 Å². The smallest absolute Gasteiger partial charge is 0.356 e. The highest BCUT2D eigenvalue weighted by atomic mass is 16.5. The Morgan fingerprint density at radius 2 is 2.21 bits per heavy atom. The minimum Gasteiger partial charge on any atom is -0.464 e. The zero-order valence-electron chi connectivity index (χ0n) is 11.7. The number of anilines is 2. The third-order valence-corrected chi connectivity index (χ3v) is 3.35. The standard InChI is InChI=1S/C14H21N3O2/c1-9(2)17(8-10-4-5-10)13-11(15)6-7-12(16-13)14(18)19-3/h6-7,9-10H,4-5,8,15H2,1-3H3. The topological polar surface area (TPSA) is 68.5 Å². The summed E-state index contributed by atoms with van der Waals surface area (Å²) in [5, 5.41) is 0. The number of pyridine rings is 1. The molecule has 0 radical (unpaired) electrons. The quantitative estimate of drug-likeness (QED) is 0.824. The Morgan fingerprint density at radius 3 is 2.74 bits per heavy atom. The van der Waals surface area contributed by atoms with Crippen LogP contribution in [0.4, 0.5) is 11.5 Å². The molecular formula is C14H21N3O2. The fourth-order valence-electron chi connectivity index (χ4n) is 2.03. The molecule has 1 aliphatic carbocycles. The molecule has 2 N–H and O–H groups in total. The number of rotatable bonds is 5. The van der Waals surface area contributed by atoms with Crippen LogP contribution in [-0.4, -0.2) is 30.6 Å². The van der Waals surface area contributed by atoms with Crippen molar-refractivity contribution in [2.24, 2.45) is 5.92 Å². The van der Waals surface area contributed by atoms with Crippen LogP contribution in [0, 0.1) is 5.92 Å². The van der Waals surface area contributed by atoms with Crippen LogP contribution in [-0.2, 0) is 4.74 Å². The van der Waals surface area contributed by atoms with Gasteiger partial charge in [-0.05, 0) is 44.7 Å². The SMILES string of the molecule is COC(=O)c1ccc(N)c(N(CC2CC2)C(C)C)n1. The van der Waals surface area contributed by atoms with Crippen molar-refractivity contribution in [1.82, 2.24) is 4.98 Å². The van der Waals surface area contributed by atoms with Crippen LogP contribution in [0.5, 0.6) is 0 Å². The highest BCUT2D eigenvalue weighted by Gasteiger charge is 2.27. The molecule has 0 amide bonds. The van der Waals surface area contributed by atoms with Crippen molar-refractivity contribution in [3.63, 3.8) is 0 Å². The van der Waals surface area contributed by atoms with Crippen LogP contribution in [0.25, 0.3) is 0 Å². The van der Waals surface area contributed by atoms with Gasteiger partial charge < -0.3 is 15.4 Å². The summed E-state index contributed by atoms with van der Waals surface area (Å²) >= 11 is 0. The summed E-state index contributed by atoms with van der Waals surface area (Å²) in [4.78, 5) is 18.1. The Bertz CT molecular complexity index is 470. The second-order valence-corrected chi connectivity index (χ2v) is 5.29. The number of methoxy groups -OCH3 is 1. The molecule has 1 saturated carbocycles. The summed E-state index contributed by atoms with van der Waals surface area (Å²) in [6.45, 7) is 5.15. The van der Waals surface area contributed by atoms with E-state index >= 15 is 0 Å². The van der Waals surface area contributed by atoms with Crippen LogP contribution < -0.4 is 10.6 Å². The summed E-state index contributed by atoms with van der Waals surface area (Å²) in [5.41, 5.74) is 6.91. The number of nitrogens with two attached hydrogens (primary N) is 1. The molecule has 1 aromatic heterocycles. The first-order valence-corrected chi connectivity index (χ1v) is 6.64. The maximum atomic E-state index is 11.6. The molecule has 0 unspecified atom stereocenters. The molecule has 0 aromatic carbocycles. The molecule has 0 saturated heterocycles. The second-order valence-electron chi connectivity index (χ2n) is 5.29. The van der Waals surface area contributed by atoms with E-state index in [0.717, 1.165) is 12.5 Å². The van der Waals surface area contributed by atoms with Crippen molar-refractivity contribution in [1.29, 1.82) is 0 Å². The Kier molecular flexibility index (Phi) is 3.93. The fourth-order valence-corrected chi connectivity index (χ4v) is 2.03. The number of ether oxygens (including phenoxy) is 1. The number of carbonyl (C=O) groups is 1. The van der Waals surface area contributed by atoms with Crippen molar-refractivity contribution in [2.45, 2.75) is 32.7 Å². The summed E-state index contributed by atoms with van der Waals surface area (Å²) in [5.74, 6) is 0.978. The summed E-state index contributed by atoms with van der Waals surface area (Å²) in [7, 11) is 1.35. The van der Waals surface area contributed by atoms with Gasteiger partial charge in [-0.3, -0.25) is 0 Å². The zero-order chi connectivity index (χ0) is 14.0. The van der Waals surface area contributed by atoms with E-state index < -0.39 is 5.97 Å². The molecule has 1 fully saturated rings. The van der Waals surface area contributed by atoms with Crippen molar-refractivity contribution < 1.29 is 9.53 Å². The second kappa shape index (κ2) is 5.47. The molecule has 2 rings (SSSR count). The first kappa shape index (κ1) is 13.6. The van der Waals surface area contributed by atoms with Gasteiger partial charge in [0.1, 0.15) is 0 Å². The minimum absolute atomic E-state index is 0.295. The number of esters is 1. The zero-order valence-corrected chi connectivity index (χ0v) is 11.7. The molecule has 5 heteroatoms. The van der Waals surface area contributed by atoms with E-state index in [0.29, 0.717) is 23.2 Å². The van der Waals surface area contributed by atoms with E-state index in [1.165, 1.54) is 20.0 Å². The number of carbonyl (C=O) groups excluding carboxylic acids is 1. The molecule has 104 valence electrons. The number of nitrogen functional groups attached to an aromatic ring is 1. The lowest BCUT2D eigenvalue weighted by Gasteiger charge is -2.29. The molecule has 0 atom stereocenters. The van der Waals surface area contributed by atoms with Crippen LogP contribution in [0.2, 0.25) is 0 Å². The molecule has 5 nitrogen and oxygen atoms in total. The Morgan fingerprint density at radius 1 is 1.53 bits per heavy atom. The lowest BCUT2D eigenvalue weighted by molar-refractivity contribution is 0.0594. The normalized spacial score (nSPS) is 14.5. The number of aromatic nitrogens is 1. The van der Waals surface area contributed by atoms with Crippen LogP contribution >= 0.6 is 0 Å². The van der Waals surface area contributed by atoms with Gasteiger partial charge in [-0.15, -0.1) is 0 Å². The lowest BCUT2D eigenvalue weighted by atomic mass is 10.2. The van der Waals surface area contributed by atoms with Gasteiger partial charge in [-0.2, -0.15) is 0 Å². The number of nitrogens with zero attached hydrogens (tertiary/aromatic N) is 2. The van der Waals surface area contributed by atoms with Crippen LogP contribution in [0.15, 0.2) is 12.1 Å². The average Bonchev–Trinajstić information content (AvgIpc) is 3.19. The lowest BCUT2D eigenvalue weighted by Crippen LogP contribution is -2.34. The summed E-state index contributed by atoms with van der Waals surface area (Å²) in [6, 6.07) is 3.61. The number of hydrogen-bond acceptors (Lipinski definition) is 5.